The molecule has 6 nitrogen and oxygen atoms in total. The zero-order valence-corrected chi connectivity index (χ0v) is 17.6. The molecule has 0 amide bonds. The van der Waals surface area contributed by atoms with Gasteiger partial charge in [0.2, 0.25) is 0 Å². The van der Waals surface area contributed by atoms with Gasteiger partial charge in [0.25, 0.3) is 0 Å². The molecule has 0 aliphatic carbocycles. The van der Waals surface area contributed by atoms with E-state index in [9.17, 15) is 0 Å². The normalized spacial score (nSPS) is 16.1. The molecule has 1 N–H and O–H groups in total. The van der Waals surface area contributed by atoms with Crippen LogP contribution in [0, 0.1) is 6.92 Å². The molecular formula is C25H24N4O2. The van der Waals surface area contributed by atoms with Crippen LogP contribution < -0.4 is 14.8 Å². The number of ether oxygens (including phenoxy) is 2. The molecule has 0 radical (unpaired) electrons. The van der Waals surface area contributed by atoms with Crippen LogP contribution in [0.25, 0.3) is 10.8 Å². The minimum atomic E-state index is -0.103. The van der Waals surface area contributed by atoms with Gasteiger partial charge in [-0.3, -0.25) is 4.98 Å². The number of fused-ring (bicyclic) bond motifs is 2. The number of aryl methyl sites for hydroxylation is 1. The van der Waals surface area contributed by atoms with Crippen molar-refractivity contribution in [2.45, 2.75) is 25.9 Å². The minimum Gasteiger partial charge on any atom is -0.486 e. The smallest absolute Gasteiger partial charge is 0.161 e. The number of anilines is 1. The summed E-state index contributed by atoms with van der Waals surface area (Å²) in [4.78, 5) is 4.31. The Kier molecular flexibility index (Phi) is 5.12. The number of benzene rings is 2. The second kappa shape index (κ2) is 8.22. The van der Waals surface area contributed by atoms with Gasteiger partial charge in [-0.2, -0.15) is 5.10 Å². The molecule has 0 bridgehead atoms. The van der Waals surface area contributed by atoms with Gasteiger partial charge in [-0.1, -0.05) is 43.3 Å². The van der Waals surface area contributed by atoms with Gasteiger partial charge in [-0.15, -0.1) is 5.10 Å². The predicted octanol–water partition coefficient (Wildman–Crippen LogP) is 4.74. The number of hydrogen-bond acceptors (Lipinski definition) is 6. The number of nitrogens with one attached hydrogen (secondary N) is 1. The van der Waals surface area contributed by atoms with Crippen LogP contribution in [0.4, 0.5) is 5.82 Å². The molecule has 3 heterocycles. The Labute approximate surface area is 181 Å². The Bertz CT molecular complexity index is 1230. The van der Waals surface area contributed by atoms with Crippen molar-refractivity contribution in [2.75, 3.05) is 18.5 Å². The summed E-state index contributed by atoms with van der Waals surface area (Å²) in [6.45, 7) is 5.22. The molecule has 0 saturated heterocycles. The molecule has 0 fully saturated rings. The van der Waals surface area contributed by atoms with Gasteiger partial charge < -0.3 is 14.8 Å². The largest absolute Gasteiger partial charge is 0.486 e. The van der Waals surface area contributed by atoms with E-state index in [0.717, 1.165) is 39.5 Å². The number of hydrogen-bond donors (Lipinski definition) is 1. The summed E-state index contributed by atoms with van der Waals surface area (Å²) in [5.41, 5.74) is 3.13. The zero-order valence-electron chi connectivity index (χ0n) is 17.6. The predicted molar refractivity (Wildman–Crippen MR) is 121 cm³/mol. The molecule has 2 atom stereocenters. The van der Waals surface area contributed by atoms with E-state index in [4.69, 9.17) is 9.47 Å². The van der Waals surface area contributed by atoms with Crippen LogP contribution in [0.15, 0.2) is 66.9 Å². The Morgan fingerprint density at radius 3 is 2.61 bits per heavy atom. The lowest BCUT2D eigenvalue weighted by molar-refractivity contribution is 0.0997. The Hall–Kier alpha value is -3.67. The topological polar surface area (TPSA) is 69.2 Å². The molecule has 1 aliphatic heterocycles. The van der Waals surface area contributed by atoms with Crippen molar-refractivity contribution < 1.29 is 9.47 Å². The summed E-state index contributed by atoms with van der Waals surface area (Å²) >= 11 is 0. The van der Waals surface area contributed by atoms with E-state index in [0.29, 0.717) is 13.2 Å². The van der Waals surface area contributed by atoms with Gasteiger partial charge >= 0.3 is 0 Å². The van der Waals surface area contributed by atoms with Crippen molar-refractivity contribution in [3.63, 3.8) is 0 Å². The third kappa shape index (κ3) is 3.89. The molecule has 5 rings (SSSR count). The summed E-state index contributed by atoms with van der Waals surface area (Å²) in [6, 6.07) is 20.1. The van der Waals surface area contributed by atoms with Crippen LogP contribution in [-0.2, 0) is 0 Å². The van der Waals surface area contributed by atoms with Crippen LogP contribution in [0.2, 0.25) is 0 Å². The van der Waals surface area contributed by atoms with Crippen LogP contribution >= 0.6 is 0 Å². The molecule has 31 heavy (non-hydrogen) atoms. The van der Waals surface area contributed by atoms with Crippen LogP contribution in [0.1, 0.15) is 29.8 Å². The molecule has 4 aromatic rings. The van der Waals surface area contributed by atoms with Crippen LogP contribution in [0.3, 0.4) is 0 Å². The van der Waals surface area contributed by atoms with Gasteiger partial charge in [0, 0.05) is 28.6 Å². The highest BCUT2D eigenvalue weighted by Crippen LogP contribution is 2.33. The Morgan fingerprint density at radius 2 is 1.77 bits per heavy atom. The maximum absolute atomic E-state index is 6.06. The molecule has 6 heteroatoms. The molecular weight excluding hydrogens is 388 g/mol. The summed E-state index contributed by atoms with van der Waals surface area (Å²) in [7, 11) is 0. The second-order valence-corrected chi connectivity index (χ2v) is 7.81. The fraction of sp³-hybridized carbons (Fsp3) is 0.240. The third-order valence-electron chi connectivity index (χ3n) is 5.61. The Balaban J connectivity index is 1.39. The molecule has 2 aromatic heterocycles. The lowest BCUT2D eigenvalue weighted by Crippen LogP contribution is -2.35. The van der Waals surface area contributed by atoms with E-state index in [1.165, 1.54) is 5.56 Å². The maximum atomic E-state index is 6.06. The first-order chi connectivity index (χ1) is 15.2. The molecule has 0 spiro atoms. The average molecular weight is 412 g/mol. The first kappa shape index (κ1) is 19.3. The van der Waals surface area contributed by atoms with Gasteiger partial charge in [0.05, 0.1) is 12.2 Å². The van der Waals surface area contributed by atoms with Gasteiger partial charge in [-0.05, 0) is 36.8 Å². The summed E-state index contributed by atoms with van der Waals surface area (Å²) in [5.74, 6) is 2.42. The van der Waals surface area contributed by atoms with Gasteiger partial charge in [0.1, 0.15) is 12.7 Å². The van der Waals surface area contributed by atoms with Crippen molar-refractivity contribution in [3.8, 4) is 11.5 Å². The van der Waals surface area contributed by atoms with Gasteiger partial charge in [-0.25, -0.2) is 0 Å². The number of nitrogens with zero attached hydrogens (tertiary/aromatic N) is 3. The average Bonchev–Trinajstić information content (AvgIpc) is 2.82. The number of rotatable bonds is 5. The van der Waals surface area contributed by atoms with E-state index in [1.54, 1.807) is 0 Å². The highest BCUT2D eigenvalue weighted by atomic mass is 16.6. The van der Waals surface area contributed by atoms with Crippen molar-refractivity contribution in [1.29, 1.82) is 0 Å². The first-order valence-electron chi connectivity index (χ1n) is 10.5. The van der Waals surface area contributed by atoms with E-state index < -0.39 is 0 Å². The summed E-state index contributed by atoms with van der Waals surface area (Å²) < 4.78 is 11.9. The Morgan fingerprint density at radius 1 is 1.00 bits per heavy atom. The number of aromatic nitrogens is 3. The minimum absolute atomic E-state index is 0.103. The first-order valence-corrected chi connectivity index (χ1v) is 10.5. The highest BCUT2D eigenvalue weighted by molar-refractivity contribution is 5.93. The van der Waals surface area contributed by atoms with Crippen LogP contribution in [0.5, 0.6) is 11.5 Å². The molecule has 156 valence electrons. The fourth-order valence-corrected chi connectivity index (χ4v) is 3.94. The monoisotopic (exact) mass is 412 g/mol. The van der Waals surface area contributed by atoms with Crippen molar-refractivity contribution in [3.05, 3.63) is 83.8 Å². The highest BCUT2D eigenvalue weighted by Gasteiger charge is 2.22. The van der Waals surface area contributed by atoms with E-state index in [2.05, 4.69) is 45.6 Å². The maximum Gasteiger partial charge on any atom is 0.161 e. The van der Waals surface area contributed by atoms with E-state index in [1.807, 2.05) is 55.6 Å². The van der Waals surface area contributed by atoms with Crippen molar-refractivity contribution in [2.24, 2.45) is 0 Å². The summed E-state index contributed by atoms with van der Waals surface area (Å²) in [6.07, 6.45) is 1.74. The quantitative estimate of drug-likeness (QED) is 0.511. The number of para-hydroxylation sites is 2. The standard InChI is InChI=1S/C25H24N4O2/c1-16-13-18(11-12-26-16)17(2)24-20-7-3-4-8-21(20)25(29-28-24)27-14-19-15-30-22-9-5-6-10-23(22)31-19/h3-13,17,19H,14-15H2,1-2H3,(H,27,29). The second-order valence-electron chi connectivity index (χ2n) is 7.81. The third-order valence-corrected chi connectivity index (χ3v) is 5.61. The lowest BCUT2D eigenvalue weighted by atomic mass is 9.94. The van der Waals surface area contributed by atoms with Crippen LogP contribution in [-0.4, -0.2) is 34.4 Å². The van der Waals surface area contributed by atoms with Gasteiger partial charge in [0.15, 0.2) is 17.3 Å². The van der Waals surface area contributed by atoms with Crippen molar-refractivity contribution in [1.82, 2.24) is 15.2 Å². The molecule has 1 aliphatic rings. The fourth-order valence-electron chi connectivity index (χ4n) is 3.94. The molecule has 2 unspecified atom stereocenters. The summed E-state index contributed by atoms with van der Waals surface area (Å²) in [5, 5.41) is 14.7. The van der Waals surface area contributed by atoms with E-state index in [-0.39, 0.29) is 12.0 Å². The lowest BCUT2D eigenvalue weighted by Gasteiger charge is -2.26. The molecule has 2 aromatic carbocycles. The molecule has 0 saturated carbocycles. The van der Waals surface area contributed by atoms with E-state index >= 15 is 0 Å². The van der Waals surface area contributed by atoms with Crippen molar-refractivity contribution >= 4 is 16.6 Å². The number of pyridine rings is 1. The SMILES string of the molecule is Cc1cc(C(C)c2nnc(NCC3COc4ccccc4O3)c3ccccc23)ccn1. The zero-order chi connectivity index (χ0) is 21.2.